The van der Waals surface area contributed by atoms with Crippen LogP contribution in [0.15, 0.2) is 38.7 Å². The minimum Gasteiger partial charge on any atom is -0.342 e. The van der Waals surface area contributed by atoms with E-state index in [1.54, 1.807) is 11.6 Å². The van der Waals surface area contributed by atoms with Gasteiger partial charge in [-0.25, -0.2) is 4.98 Å². The molecular formula is C22H28BrN3O2S. The second kappa shape index (κ2) is 9.47. The molecule has 0 spiro atoms. The Morgan fingerprint density at radius 2 is 1.90 bits per heavy atom. The van der Waals surface area contributed by atoms with Crippen molar-refractivity contribution < 1.29 is 4.79 Å². The molecule has 0 radical (unpaired) electrons. The van der Waals surface area contributed by atoms with Gasteiger partial charge in [-0.3, -0.25) is 14.2 Å². The number of amides is 1. The largest absolute Gasteiger partial charge is 0.342 e. The van der Waals surface area contributed by atoms with Crippen LogP contribution in [0.4, 0.5) is 0 Å². The van der Waals surface area contributed by atoms with Crippen molar-refractivity contribution in [2.24, 2.45) is 13.0 Å². The van der Waals surface area contributed by atoms with E-state index in [4.69, 9.17) is 0 Å². The van der Waals surface area contributed by atoms with Crippen LogP contribution in [0.2, 0.25) is 0 Å². The molecule has 5 nitrogen and oxygen atoms in total. The molecule has 0 aliphatic carbocycles. The lowest BCUT2D eigenvalue weighted by Gasteiger charge is -2.32. The van der Waals surface area contributed by atoms with E-state index in [-0.39, 0.29) is 16.7 Å². The van der Waals surface area contributed by atoms with Gasteiger partial charge in [0.15, 0.2) is 5.16 Å². The maximum Gasteiger partial charge on any atom is 0.257 e. The van der Waals surface area contributed by atoms with Crippen molar-refractivity contribution in [3.8, 4) is 0 Å². The molecule has 7 heteroatoms. The van der Waals surface area contributed by atoms with Gasteiger partial charge in [0, 0.05) is 42.3 Å². The normalized spacial score (nSPS) is 16.1. The van der Waals surface area contributed by atoms with E-state index in [1.165, 1.54) is 11.8 Å². The van der Waals surface area contributed by atoms with Crippen molar-refractivity contribution in [1.29, 1.82) is 0 Å². The van der Waals surface area contributed by atoms with Crippen LogP contribution in [0.3, 0.4) is 0 Å². The molecule has 156 valence electrons. The molecule has 0 bridgehead atoms. The van der Waals surface area contributed by atoms with Crippen molar-refractivity contribution in [3.05, 3.63) is 55.9 Å². The highest BCUT2D eigenvalue weighted by Crippen LogP contribution is 2.25. The standard InChI is InChI=1S/C22H28BrN3O2S/c1-14-9-11-26(12-10-14)20(27)16(3)29-22-24-15(2)19(21(28)25(22)4)13-17-5-7-18(23)8-6-17/h5-8,14,16H,9-13H2,1-4H3. The molecule has 3 rings (SSSR count). The van der Waals surface area contributed by atoms with E-state index in [9.17, 15) is 9.59 Å². The van der Waals surface area contributed by atoms with E-state index in [2.05, 4.69) is 27.8 Å². The zero-order chi connectivity index (χ0) is 21.1. The number of carbonyl (C=O) groups excluding carboxylic acids is 1. The number of piperidine rings is 1. The Balaban J connectivity index is 1.76. The molecule has 2 heterocycles. The van der Waals surface area contributed by atoms with Gasteiger partial charge in [-0.1, -0.05) is 46.7 Å². The Hall–Kier alpha value is -1.60. The molecule has 1 fully saturated rings. The predicted octanol–water partition coefficient (Wildman–Crippen LogP) is 4.18. The van der Waals surface area contributed by atoms with Crippen molar-refractivity contribution in [1.82, 2.24) is 14.5 Å². The summed E-state index contributed by atoms with van der Waals surface area (Å²) in [7, 11) is 1.74. The molecule has 1 aliphatic rings. The molecule has 29 heavy (non-hydrogen) atoms. The van der Waals surface area contributed by atoms with Crippen LogP contribution in [0, 0.1) is 12.8 Å². The number of rotatable bonds is 5. The zero-order valence-electron chi connectivity index (χ0n) is 17.4. The van der Waals surface area contributed by atoms with Crippen LogP contribution in [0.5, 0.6) is 0 Å². The van der Waals surface area contributed by atoms with Crippen molar-refractivity contribution >= 4 is 33.6 Å². The van der Waals surface area contributed by atoms with Crippen molar-refractivity contribution in [2.45, 2.75) is 50.4 Å². The van der Waals surface area contributed by atoms with Crippen molar-refractivity contribution in [2.75, 3.05) is 13.1 Å². The van der Waals surface area contributed by atoms with Crippen LogP contribution in [-0.2, 0) is 18.3 Å². The molecule has 1 aromatic carbocycles. The highest BCUT2D eigenvalue weighted by Gasteiger charge is 2.26. The van der Waals surface area contributed by atoms with Crippen molar-refractivity contribution in [3.63, 3.8) is 0 Å². The number of halogens is 1. The fourth-order valence-corrected chi connectivity index (χ4v) is 4.80. The fraction of sp³-hybridized carbons (Fsp3) is 0.500. The average Bonchev–Trinajstić information content (AvgIpc) is 2.70. The topological polar surface area (TPSA) is 55.2 Å². The third kappa shape index (κ3) is 5.31. The first-order chi connectivity index (χ1) is 13.8. The molecule has 1 unspecified atom stereocenters. The number of nitrogens with zero attached hydrogens (tertiary/aromatic N) is 3. The first-order valence-electron chi connectivity index (χ1n) is 10.0. The number of benzene rings is 1. The molecule has 1 amide bonds. The minimum absolute atomic E-state index is 0.0469. The smallest absolute Gasteiger partial charge is 0.257 e. The van der Waals surface area contributed by atoms with Gasteiger partial charge < -0.3 is 4.90 Å². The summed E-state index contributed by atoms with van der Waals surface area (Å²) in [5, 5.41) is 0.330. The summed E-state index contributed by atoms with van der Waals surface area (Å²) < 4.78 is 2.59. The second-order valence-corrected chi connectivity index (χ2v) is 10.1. The van der Waals surface area contributed by atoms with E-state index in [1.807, 2.05) is 43.0 Å². The van der Waals surface area contributed by atoms with Crippen LogP contribution < -0.4 is 5.56 Å². The molecule has 0 N–H and O–H groups in total. The summed E-state index contributed by atoms with van der Waals surface area (Å²) in [6.07, 6.45) is 2.66. The lowest BCUT2D eigenvalue weighted by Crippen LogP contribution is -2.42. The lowest BCUT2D eigenvalue weighted by atomic mass is 9.99. The third-order valence-electron chi connectivity index (χ3n) is 5.57. The van der Waals surface area contributed by atoms with E-state index in [0.717, 1.165) is 41.7 Å². The van der Waals surface area contributed by atoms with Crippen LogP contribution in [0.25, 0.3) is 0 Å². The Morgan fingerprint density at radius 1 is 1.28 bits per heavy atom. The van der Waals surface area contributed by atoms with Gasteiger partial charge in [0.2, 0.25) is 5.91 Å². The van der Waals surface area contributed by atoms with Gasteiger partial charge in [0.05, 0.1) is 5.25 Å². The lowest BCUT2D eigenvalue weighted by molar-refractivity contribution is -0.131. The Morgan fingerprint density at radius 3 is 2.52 bits per heavy atom. The van der Waals surface area contributed by atoms with E-state index < -0.39 is 0 Å². The Kier molecular flexibility index (Phi) is 7.22. The maximum atomic E-state index is 13.0. The summed E-state index contributed by atoms with van der Waals surface area (Å²) in [5.41, 5.74) is 2.45. The molecule has 0 saturated carbocycles. The van der Waals surface area contributed by atoms with Gasteiger partial charge in [-0.2, -0.15) is 0 Å². The summed E-state index contributed by atoms with van der Waals surface area (Å²) >= 11 is 4.81. The maximum absolute atomic E-state index is 13.0. The quantitative estimate of drug-likeness (QED) is 0.478. The second-order valence-electron chi connectivity index (χ2n) is 7.89. The Bertz CT molecular complexity index is 934. The highest BCUT2D eigenvalue weighted by molar-refractivity contribution is 9.10. The predicted molar refractivity (Wildman–Crippen MR) is 121 cm³/mol. The van der Waals surface area contributed by atoms with E-state index >= 15 is 0 Å². The molecule has 1 atom stereocenters. The number of hydrogen-bond acceptors (Lipinski definition) is 4. The highest BCUT2D eigenvalue weighted by atomic mass is 79.9. The number of carbonyl (C=O) groups is 1. The first-order valence-corrected chi connectivity index (χ1v) is 11.7. The number of aromatic nitrogens is 2. The summed E-state index contributed by atoms with van der Waals surface area (Å²) in [6.45, 7) is 7.66. The summed E-state index contributed by atoms with van der Waals surface area (Å²) in [5.74, 6) is 0.818. The molecule has 1 aromatic heterocycles. The third-order valence-corrected chi connectivity index (χ3v) is 7.23. The van der Waals surface area contributed by atoms with Gasteiger partial charge in [0.25, 0.3) is 5.56 Å². The van der Waals surface area contributed by atoms with E-state index in [0.29, 0.717) is 23.1 Å². The van der Waals surface area contributed by atoms with Gasteiger partial charge in [-0.15, -0.1) is 0 Å². The zero-order valence-corrected chi connectivity index (χ0v) is 19.8. The Labute approximate surface area is 185 Å². The summed E-state index contributed by atoms with van der Waals surface area (Å²) in [6, 6.07) is 7.96. The fourth-order valence-electron chi connectivity index (χ4n) is 3.54. The van der Waals surface area contributed by atoms with Gasteiger partial charge in [-0.05, 0) is 50.3 Å². The van der Waals surface area contributed by atoms with Gasteiger partial charge >= 0.3 is 0 Å². The SMILES string of the molecule is Cc1nc(SC(C)C(=O)N2CCC(C)CC2)n(C)c(=O)c1Cc1ccc(Br)cc1. The summed E-state index contributed by atoms with van der Waals surface area (Å²) in [4.78, 5) is 32.4. The monoisotopic (exact) mass is 477 g/mol. The van der Waals surface area contributed by atoms with Gasteiger partial charge in [0.1, 0.15) is 0 Å². The first kappa shape index (κ1) is 22.1. The van der Waals surface area contributed by atoms with Crippen LogP contribution in [-0.4, -0.2) is 38.7 Å². The number of hydrogen-bond donors (Lipinski definition) is 0. The minimum atomic E-state index is -0.266. The number of likely N-dealkylation sites (tertiary alicyclic amines) is 1. The average molecular weight is 478 g/mol. The molecule has 2 aromatic rings. The molecule has 1 aliphatic heterocycles. The number of thioether (sulfide) groups is 1. The van der Waals surface area contributed by atoms with Crippen LogP contribution >= 0.6 is 27.7 Å². The van der Waals surface area contributed by atoms with Crippen LogP contribution in [0.1, 0.15) is 43.5 Å². The molecule has 1 saturated heterocycles. The molecular weight excluding hydrogens is 450 g/mol. The number of aryl methyl sites for hydroxylation is 1.